The number of nitrogens with zero attached hydrogens (tertiary/aromatic N) is 2. The second-order valence-corrected chi connectivity index (χ2v) is 11.4. The zero-order valence-corrected chi connectivity index (χ0v) is 19.5. The molecule has 1 fully saturated rings. The maximum absolute atomic E-state index is 15.0. The summed E-state index contributed by atoms with van der Waals surface area (Å²) in [5.74, 6) is 1.88. The van der Waals surface area contributed by atoms with Gasteiger partial charge in [0, 0.05) is 5.69 Å². The minimum absolute atomic E-state index is 0.0811. The number of hydrogen-bond acceptors (Lipinski definition) is 10. The quantitative estimate of drug-likeness (QED) is 0.188. The first-order valence-corrected chi connectivity index (χ1v) is 13.3. The Labute approximate surface area is 188 Å². The Balaban J connectivity index is 1.84. The van der Waals surface area contributed by atoms with Crippen LogP contribution in [0.15, 0.2) is 17.2 Å². The van der Waals surface area contributed by atoms with E-state index in [2.05, 4.69) is 23.1 Å². The third-order valence-corrected chi connectivity index (χ3v) is 8.25. The zero-order chi connectivity index (χ0) is 25.7. The molecule has 6 N–H and O–H groups in total. The van der Waals surface area contributed by atoms with Gasteiger partial charge in [-0.15, -0.1) is 6.42 Å². The smallest absolute Gasteiger partial charge is 0.386 e. The summed E-state index contributed by atoms with van der Waals surface area (Å²) in [6.45, 7) is 0.251. The van der Waals surface area contributed by atoms with Crippen LogP contribution >= 0.6 is 23.5 Å². The van der Waals surface area contributed by atoms with Crippen LogP contribution in [0, 0.1) is 19.3 Å². The number of hydrogen-bond donors (Lipinski definition) is 6. The van der Waals surface area contributed by atoms with Crippen molar-refractivity contribution in [1.29, 1.82) is 0 Å². The van der Waals surface area contributed by atoms with Gasteiger partial charge in [-0.3, -0.25) is 9.32 Å². The number of phosphoric ester groups is 1. The summed E-state index contributed by atoms with van der Waals surface area (Å²) in [6.07, 6.45) is 0.214. The minimum Gasteiger partial charge on any atom is -0.386 e. The van der Waals surface area contributed by atoms with E-state index < -0.39 is 59.7 Å². The number of pyridine rings is 1. The van der Waals surface area contributed by atoms with Gasteiger partial charge in [-0.2, -0.15) is 8.62 Å². The van der Waals surface area contributed by atoms with E-state index in [9.17, 15) is 33.4 Å². The number of aliphatic hydroxyl groups is 1. The standard InChI is InChI=1S/C14H17FN3O13P3/c1-3-14(5-28-33(24,25)31-34(26,27)30-32(21,22)23)11(19)9(15)13(29-14)18-6-16-10-8(18)4-7(2)17-12(10)20/h1,4,6,9,11,13,19H,5H2,2H3,(H,17,20)(H,24,25)(H,26,27)(H2,21,22,23)/t9-,11+,13-,14-/m1/s1. The van der Waals surface area contributed by atoms with Crippen molar-refractivity contribution in [1.82, 2.24) is 14.5 Å². The number of alkyl halides is 1. The lowest BCUT2D eigenvalue weighted by atomic mass is 9.98. The summed E-state index contributed by atoms with van der Waals surface area (Å²) >= 11 is 0. The number of nitrogens with one attached hydrogen (secondary N) is 1. The topological polar surface area (TPSA) is 240 Å². The number of halogens is 1. The first-order chi connectivity index (χ1) is 15.5. The van der Waals surface area contributed by atoms with Crippen LogP contribution in [0.25, 0.3) is 11.0 Å². The Kier molecular flexibility index (Phi) is 7.13. The lowest BCUT2D eigenvalue weighted by Gasteiger charge is -2.27. The largest absolute Gasteiger partial charge is 0.490 e. The Morgan fingerprint density at radius 3 is 2.53 bits per heavy atom. The van der Waals surface area contributed by atoms with Crippen molar-refractivity contribution in [2.24, 2.45) is 0 Å². The molecule has 3 heterocycles. The molecule has 0 radical (unpaired) electrons. The number of phosphoric acid groups is 3. The molecule has 0 bridgehead atoms. The van der Waals surface area contributed by atoms with E-state index in [1.54, 1.807) is 6.92 Å². The van der Waals surface area contributed by atoms with Crippen molar-refractivity contribution in [3.8, 4) is 12.3 Å². The monoisotopic (exact) mass is 547 g/mol. The number of H-pyrrole nitrogens is 1. The van der Waals surface area contributed by atoms with E-state index >= 15 is 4.39 Å². The maximum Gasteiger partial charge on any atom is 0.490 e. The highest BCUT2D eigenvalue weighted by Gasteiger charge is 2.57. The Morgan fingerprint density at radius 2 is 1.94 bits per heavy atom. The molecular formula is C14H17FN3O13P3. The van der Waals surface area contributed by atoms with E-state index in [-0.39, 0.29) is 11.0 Å². The summed E-state index contributed by atoms with van der Waals surface area (Å²) in [4.78, 5) is 54.3. The van der Waals surface area contributed by atoms with Crippen molar-refractivity contribution in [3.63, 3.8) is 0 Å². The van der Waals surface area contributed by atoms with Crippen LogP contribution < -0.4 is 5.56 Å². The predicted molar refractivity (Wildman–Crippen MR) is 107 cm³/mol. The molecule has 20 heteroatoms. The number of rotatable bonds is 8. The average molecular weight is 547 g/mol. The molecule has 3 rings (SSSR count). The highest BCUT2D eigenvalue weighted by molar-refractivity contribution is 7.66. The van der Waals surface area contributed by atoms with E-state index in [1.165, 1.54) is 6.07 Å². The summed E-state index contributed by atoms with van der Waals surface area (Å²) < 4.78 is 67.1. The molecule has 2 aromatic heterocycles. The molecule has 0 spiro atoms. The molecule has 2 aromatic rings. The molecule has 0 amide bonds. The van der Waals surface area contributed by atoms with Gasteiger partial charge < -0.3 is 39.0 Å². The van der Waals surface area contributed by atoms with Crippen LogP contribution in [0.4, 0.5) is 4.39 Å². The number of fused-ring (bicyclic) bond motifs is 1. The summed E-state index contributed by atoms with van der Waals surface area (Å²) in [5.41, 5.74) is -2.62. The van der Waals surface area contributed by atoms with E-state index in [1.807, 2.05) is 5.92 Å². The molecule has 0 aromatic carbocycles. The molecule has 16 nitrogen and oxygen atoms in total. The normalized spacial score (nSPS) is 28.9. The molecule has 1 aliphatic rings. The fourth-order valence-electron chi connectivity index (χ4n) is 3.11. The lowest BCUT2D eigenvalue weighted by Crippen LogP contribution is -2.44. The van der Waals surface area contributed by atoms with Gasteiger partial charge >= 0.3 is 23.5 Å². The number of aromatic nitrogens is 3. The van der Waals surface area contributed by atoms with E-state index in [0.29, 0.717) is 5.69 Å². The van der Waals surface area contributed by atoms with Crippen molar-refractivity contribution in [2.75, 3.05) is 6.61 Å². The number of imidazole rings is 1. The highest BCUT2D eigenvalue weighted by Crippen LogP contribution is 2.66. The van der Waals surface area contributed by atoms with Crippen LogP contribution in [0.2, 0.25) is 0 Å². The maximum atomic E-state index is 15.0. The molecule has 1 saturated heterocycles. The first kappa shape index (κ1) is 26.8. The van der Waals surface area contributed by atoms with Gasteiger partial charge in [0.05, 0.1) is 11.8 Å². The van der Waals surface area contributed by atoms with E-state index in [4.69, 9.17) is 20.9 Å². The van der Waals surface area contributed by atoms with Crippen molar-refractivity contribution < 1.29 is 60.6 Å². The van der Waals surface area contributed by atoms with Crippen LogP contribution in [0.1, 0.15) is 11.9 Å². The molecule has 2 unspecified atom stereocenters. The molecule has 0 aliphatic carbocycles. The Morgan fingerprint density at radius 1 is 1.29 bits per heavy atom. The van der Waals surface area contributed by atoms with Gasteiger partial charge in [0.25, 0.3) is 5.56 Å². The second kappa shape index (κ2) is 9.03. The van der Waals surface area contributed by atoms with E-state index in [0.717, 1.165) is 10.9 Å². The number of terminal acetylenes is 1. The fourth-order valence-corrected chi connectivity index (χ4v) is 6.15. The van der Waals surface area contributed by atoms with Gasteiger partial charge in [-0.25, -0.2) is 23.1 Å². The fraction of sp³-hybridized carbons (Fsp3) is 0.429. The van der Waals surface area contributed by atoms with Crippen LogP contribution in [0.3, 0.4) is 0 Å². The number of ether oxygens (including phenoxy) is 1. The number of aliphatic hydroxyl groups excluding tert-OH is 1. The number of aromatic amines is 1. The molecular weight excluding hydrogens is 530 g/mol. The van der Waals surface area contributed by atoms with Crippen molar-refractivity contribution >= 4 is 34.5 Å². The highest BCUT2D eigenvalue weighted by atomic mass is 31.3. The van der Waals surface area contributed by atoms with Gasteiger partial charge in [-0.05, 0) is 13.0 Å². The van der Waals surface area contributed by atoms with Crippen molar-refractivity contribution in [3.05, 3.63) is 28.4 Å². The Bertz CT molecular complexity index is 1350. The molecule has 0 saturated carbocycles. The van der Waals surface area contributed by atoms with Crippen LogP contribution in [-0.2, 0) is 31.6 Å². The van der Waals surface area contributed by atoms with Gasteiger partial charge in [0.2, 0.25) is 0 Å². The first-order valence-electron chi connectivity index (χ1n) is 8.82. The van der Waals surface area contributed by atoms with Crippen LogP contribution in [0.5, 0.6) is 0 Å². The third kappa shape index (κ3) is 5.55. The molecule has 1 aliphatic heterocycles. The molecule has 6 atom stereocenters. The van der Waals surface area contributed by atoms with Gasteiger partial charge in [-0.1, -0.05) is 5.92 Å². The van der Waals surface area contributed by atoms with Gasteiger partial charge in [0.15, 0.2) is 23.5 Å². The van der Waals surface area contributed by atoms with Crippen molar-refractivity contribution in [2.45, 2.75) is 31.0 Å². The molecule has 188 valence electrons. The third-order valence-electron chi connectivity index (χ3n) is 4.47. The molecule has 34 heavy (non-hydrogen) atoms. The lowest BCUT2D eigenvalue weighted by molar-refractivity contribution is -0.0882. The zero-order valence-electron chi connectivity index (χ0n) is 16.8. The average Bonchev–Trinajstić information content (AvgIpc) is 3.18. The summed E-state index contributed by atoms with van der Waals surface area (Å²) in [6, 6.07) is 1.44. The predicted octanol–water partition coefficient (Wildman–Crippen LogP) is -0.0239. The van der Waals surface area contributed by atoms with Gasteiger partial charge in [0.1, 0.15) is 12.7 Å². The summed E-state index contributed by atoms with van der Waals surface area (Å²) in [5, 5.41) is 10.4. The second-order valence-electron chi connectivity index (χ2n) is 6.96. The Hall–Kier alpha value is -1.76. The van der Waals surface area contributed by atoms with Crippen LogP contribution in [-0.4, -0.2) is 63.7 Å². The SMILES string of the molecule is C#C[C@]1(COP(=O)(O)OP(=O)(O)OP(=O)(O)O)O[C@@H](n2cnc3c(=O)[nH]c(C)cc32)[C@H](F)[C@@H]1O. The number of aryl methyl sites for hydroxylation is 1. The summed E-state index contributed by atoms with van der Waals surface area (Å²) in [7, 11) is -17.1. The minimum atomic E-state index is -5.82.